The molecule has 1 fully saturated rings. The first-order chi connectivity index (χ1) is 12.0. The predicted molar refractivity (Wildman–Crippen MR) is 96.3 cm³/mol. The number of aromatic nitrogens is 1. The average Bonchev–Trinajstić information content (AvgIpc) is 2.60. The van der Waals surface area contributed by atoms with Gasteiger partial charge in [-0.1, -0.05) is 30.3 Å². The Labute approximate surface area is 148 Å². The minimum absolute atomic E-state index is 0.0121. The second-order valence-electron chi connectivity index (χ2n) is 6.48. The second kappa shape index (κ2) is 7.47. The molecule has 3 rings (SSSR count). The maximum Gasteiger partial charge on any atom is 0.254 e. The molecule has 1 aliphatic rings. The summed E-state index contributed by atoms with van der Waals surface area (Å²) in [5, 5.41) is 0. The van der Waals surface area contributed by atoms with Gasteiger partial charge in [0.1, 0.15) is 6.54 Å². The molecule has 130 valence electrons. The van der Waals surface area contributed by atoms with Crippen LogP contribution in [-0.2, 0) is 11.2 Å². The smallest absolute Gasteiger partial charge is 0.254 e. The number of benzene rings is 1. The van der Waals surface area contributed by atoms with Crippen LogP contribution in [0.2, 0.25) is 0 Å². The SMILES string of the molecule is Cc1cc(C(=O)N2CCN(CCc3ccccc3)C(=O)C2)cc(C)n1. The van der Waals surface area contributed by atoms with Crippen molar-refractivity contribution in [1.82, 2.24) is 14.8 Å². The average molecular weight is 337 g/mol. The van der Waals surface area contributed by atoms with Crippen LogP contribution in [0.3, 0.4) is 0 Å². The summed E-state index contributed by atoms with van der Waals surface area (Å²) in [5.41, 5.74) is 3.46. The fraction of sp³-hybridized carbons (Fsp3) is 0.350. The summed E-state index contributed by atoms with van der Waals surface area (Å²) in [7, 11) is 0. The van der Waals surface area contributed by atoms with E-state index < -0.39 is 0 Å². The third kappa shape index (κ3) is 4.24. The molecule has 2 amide bonds. The summed E-state index contributed by atoms with van der Waals surface area (Å²) in [5.74, 6) is -0.0808. The summed E-state index contributed by atoms with van der Waals surface area (Å²) >= 11 is 0. The van der Waals surface area contributed by atoms with Crippen molar-refractivity contribution >= 4 is 11.8 Å². The van der Waals surface area contributed by atoms with Crippen LogP contribution >= 0.6 is 0 Å². The Kier molecular flexibility index (Phi) is 5.12. The van der Waals surface area contributed by atoms with Crippen LogP contribution in [0.5, 0.6) is 0 Å². The Balaban J connectivity index is 1.59. The van der Waals surface area contributed by atoms with Crippen molar-refractivity contribution in [3.8, 4) is 0 Å². The van der Waals surface area contributed by atoms with Crippen LogP contribution in [0.4, 0.5) is 0 Å². The van der Waals surface area contributed by atoms with Crippen LogP contribution in [-0.4, -0.2) is 52.8 Å². The first kappa shape index (κ1) is 17.1. The molecule has 1 aromatic heterocycles. The minimum atomic E-state index is -0.0929. The third-order valence-electron chi connectivity index (χ3n) is 4.45. The second-order valence-corrected chi connectivity index (χ2v) is 6.48. The molecular formula is C20H23N3O2. The van der Waals surface area contributed by atoms with Crippen molar-refractivity contribution < 1.29 is 9.59 Å². The van der Waals surface area contributed by atoms with Crippen LogP contribution in [0.25, 0.3) is 0 Å². The van der Waals surface area contributed by atoms with Gasteiger partial charge in [0.15, 0.2) is 0 Å². The normalized spacial score (nSPS) is 14.7. The van der Waals surface area contributed by atoms with E-state index in [9.17, 15) is 9.59 Å². The maximum atomic E-state index is 12.7. The highest BCUT2D eigenvalue weighted by Crippen LogP contribution is 2.12. The molecular weight excluding hydrogens is 314 g/mol. The summed E-state index contributed by atoms with van der Waals surface area (Å²) in [6.07, 6.45) is 0.837. The highest BCUT2D eigenvalue weighted by atomic mass is 16.2. The van der Waals surface area contributed by atoms with Gasteiger partial charge >= 0.3 is 0 Å². The lowest BCUT2D eigenvalue weighted by Crippen LogP contribution is -2.52. The first-order valence-corrected chi connectivity index (χ1v) is 8.59. The maximum absolute atomic E-state index is 12.7. The summed E-state index contributed by atoms with van der Waals surface area (Å²) in [6.45, 7) is 5.74. The zero-order valence-electron chi connectivity index (χ0n) is 14.7. The fourth-order valence-electron chi connectivity index (χ4n) is 3.17. The van der Waals surface area contributed by atoms with E-state index in [0.717, 1.165) is 17.8 Å². The molecule has 25 heavy (non-hydrogen) atoms. The molecule has 2 heterocycles. The Morgan fingerprint density at radius 3 is 2.40 bits per heavy atom. The van der Waals surface area contributed by atoms with Gasteiger partial charge in [-0.25, -0.2) is 0 Å². The molecule has 0 unspecified atom stereocenters. The topological polar surface area (TPSA) is 53.5 Å². The van der Waals surface area contributed by atoms with E-state index in [1.165, 1.54) is 5.56 Å². The fourth-order valence-corrected chi connectivity index (χ4v) is 3.17. The van der Waals surface area contributed by atoms with Gasteiger partial charge in [0.05, 0.1) is 0 Å². The van der Waals surface area contributed by atoms with Crippen molar-refractivity contribution in [1.29, 1.82) is 0 Å². The largest absolute Gasteiger partial charge is 0.339 e. The number of hydrogen-bond acceptors (Lipinski definition) is 3. The monoisotopic (exact) mass is 337 g/mol. The van der Waals surface area contributed by atoms with E-state index in [-0.39, 0.29) is 18.4 Å². The molecule has 1 saturated heterocycles. The quantitative estimate of drug-likeness (QED) is 0.860. The van der Waals surface area contributed by atoms with E-state index in [0.29, 0.717) is 25.2 Å². The highest BCUT2D eigenvalue weighted by Gasteiger charge is 2.27. The Hall–Kier alpha value is -2.69. The van der Waals surface area contributed by atoms with E-state index >= 15 is 0 Å². The van der Waals surface area contributed by atoms with Gasteiger partial charge in [0.2, 0.25) is 5.91 Å². The molecule has 5 nitrogen and oxygen atoms in total. The van der Waals surface area contributed by atoms with Gasteiger partial charge in [-0.05, 0) is 38.0 Å². The standard InChI is InChI=1S/C20H23N3O2/c1-15-12-18(13-16(2)21-15)20(25)23-11-10-22(19(24)14-23)9-8-17-6-4-3-5-7-17/h3-7,12-13H,8-11,14H2,1-2H3. The Morgan fingerprint density at radius 1 is 1.08 bits per heavy atom. The lowest BCUT2D eigenvalue weighted by Gasteiger charge is -2.34. The number of carbonyl (C=O) groups is 2. The van der Waals surface area contributed by atoms with E-state index in [1.807, 2.05) is 36.9 Å². The van der Waals surface area contributed by atoms with Crippen LogP contribution < -0.4 is 0 Å². The summed E-state index contributed by atoms with van der Waals surface area (Å²) in [6, 6.07) is 13.7. The number of carbonyl (C=O) groups excluding carboxylic acids is 2. The number of piperazine rings is 1. The molecule has 0 radical (unpaired) electrons. The summed E-state index contributed by atoms with van der Waals surface area (Å²) < 4.78 is 0. The highest BCUT2D eigenvalue weighted by molar-refractivity contribution is 5.97. The predicted octanol–water partition coefficient (Wildman–Crippen LogP) is 2.23. The van der Waals surface area contributed by atoms with Gasteiger partial charge in [-0.3, -0.25) is 14.6 Å². The molecule has 1 aromatic carbocycles. The van der Waals surface area contributed by atoms with E-state index in [2.05, 4.69) is 17.1 Å². The molecule has 1 aliphatic heterocycles. The number of amides is 2. The molecule has 0 aliphatic carbocycles. The third-order valence-corrected chi connectivity index (χ3v) is 4.45. The van der Waals surface area contributed by atoms with Crippen molar-refractivity contribution in [2.45, 2.75) is 20.3 Å². The van der Waals surface area contributed by atoms with Gasteiger partial charge in [-0.2, -0.15) is 0 Å². The Bertz CT molecular complexity index is 754. The van der Waals surface area contributed by atoms with Crippen molar-refractivity contribution in [3.05, 3.63) is 65.0 Å². The molecule has 0 bridgehead atoms. The van der Waals surface area contributed by atoms with Crippen LogP contribution in [0, 0.1) is 13.8 Å². The zero-order chi connectivity index (χ0) is 17.8. The molecule has 2 aromatic rings. The molecule has 5 heteroatoms. The molecule has 0 saturated carbocycles. The summed E-state index contributed by atoms with van der Waals surface area (Å²) in [4.78, 5) is 32.9. The number of hydrogen-bond donors (Lipinski definition) is 0. The van der Waals surface area contributed by atoms with E-state index in [4.69, 9.17) is 0 Å². The number of rotatable bonds is 4. The van der Waals surface area contributed by atoms with Gasteiger partial charge in [-0.15, -0.1) is 0 Å². The zero-order valence-corrected chi connectivity index (χ0v) is 14.7. The Morgan fingerprint density at radius 2 is 1.76 bits per heavy atom. The van der Waals surface area contributed by atoms with Gasteiger partial charge < -0.3 is 9.80 Å². The van der Waals surface area contributed by atoms with E-state index in [1.54, 1.807) is 17.0 Å². The molecule has 0 spiro atoms. The van der Waals surface area contributed by atoms with Crippen molar-refractivity contribution in [2.75, 3.05) is 26.2 Å². The number of aryl methyl sites for hydroxylation is 2. The van der Waals surface area contributed by atoms with Gasteiger partial charge in [0, 0.05) is 36.6 Å². The lowest BCUT2D eigenvalue weighted by molar-refractivity contribution is -0.134. The number of pyridine rings is 1. The van der Waals surface area contributed by atoms with Crippen molar-refractivity contribution in [2.24, 2.45) is 0 Å². The lowest BCUT2D eigenvalue weighted by atomic mass is 10.1. The van der Waals surface area contributed by atoms with Gasteiger partial charge in [0.25, 0.3) is 5.91 Å². The first-order valence-electron chi connectivity index (χ1n) is 8.59. The molecule has 0 N–H and O–H groups in total. The van der Waals surface area contributed by atoms with Crippen molar-refractivity contribution in [3.63, 3.8) is 0 Å². The van der Waals surface area contributed by atoms with Crippen LogP contribution in [0.15, 0.2) is 42.5 Å². The van der Waals surface area contributed by atoms with Crippen LogP contribution in [0.1, 0.15) is 27.3 Å². The number of nitrogens with zero attached hydrogens (tertiary/aromatic N) is 3. The minimum Gasteiger partial charge on any atom is -0.339 e. The molecule has 0 atom stereocenters.